The first kappa shape index (κ1) is 10.9. The van der Waals surface area contributed by atoms with Crippen LogP contribution in [0.5, 0.6) is 0 Å². The Morgan fingerprint density at radius 3 is 1.73 bits per heavy atom. The van der Waals surface area contributed by atoms with E-state index in [1.54, 1.807) is 0 Å². The Hall–Kier alpha value is -0.570. The standard InChI is InChI=1S/C12H22N2O/c13-12(15)9-14(10-5-1-2-6-10)11-7-3-4-8-11/h10-11H,1-9H2,(H2,13,15). The molecular formula is C12H22N2O. The zero-order valence-corrected chi connectivity index (χ0v) is 9.45. The van der Waals surface area contributed by atoms with E-state index in [9.17, 15) is 4.79 Å². The quantitative estimate of drug-likeness (QED) is 0.767. The van der Waals surface area contributed by atoms with Crippen LogP contribution in [0, 0.1) is 0 Å². The molecule has 2 aliphatic carbocycles. The van der Waals surface area contributed by atoms with Crippen molar-refractivity contribution in [1.29, 1.82) is 0 Å². The predicted molar refractivity (Wildman–Crippen MR) is 60.4 cm³/mol. The number of rotatable bonds is 4. The minimum absolute atomic E-state index is 0.159. The third kappa shape index (κ3) is 2.71. The van der Waals surface area contributed by atoms with Crippen LogP contribution >= 0.6 is 0 Å². The van der Waals surface area contributed by atoms with Crippen molar-refractivity contribution in [2.24, 2.45) is 5.73 Å². The van der Waals surface area contributed by atoms with Crippen molar-refractivity contribution in [3.8, 4) is 0 Å². The van der Waals surface area contributed by atoms with Crippen LogP contribution in [0.2, 0.25) is 0 Å². The Morgan fingerprint density at radius 1 is 1.00 bits per heavy atom. The smallest absolute Gasteiger partial charge is 0.231 e. The molecule has 0 atom stereocenters. The molecular weight excluding hydrogens is 188 g/mol. The van der Waals surface area contributed by atoms with Crippen molar-refractivity contribution >= 4 is 5.91 Å². The van der Waals surface area contributed by atoms with E-state index in [1.807, 2.05) is 0 Å². The Balaban J connectivity index is 1.97. The van der Waals surface area contributed by atoms with E-state index in [2.05, 4.69) is 4.90 Å². The molecule has 3 heteroatoms. The number of amides is 1. The van der Waals surface area contributed by atoms with Crippen molar-refractivity contribution in [2.75, 3.05) is 6.54 Å². The van der Waals surface area contributed by atoms with Gasteiger partial charge in [-0.15, -0.1) is 0 Å². The van der Waals surface area contributed by atoms with Crippen LogP contribution in [0.1, 0.15) is 51.4 Å². The van der Waals surface area contributed by atoms with Gasteiger partial charge < -0.3 is 5.73 Å². The van der Waals surface area contributed by atoms with Crippen LogP contribution in [0.15, 0.2) is 0 Å². The highest BCUT2D eigenvalue weighted by molar-refractivity contribution is 5.76. The molecule has 0 aromatic heterocycles. The molecule has 0 aromatic rings. The lowest BCUT2D eigenvalue weighted by Crippen LogP contribution is -2.45. The molecule has 0 bridgehead atoms. The first-order valence-corrected chi connectivity index (χ1v) is 6.31. The third-order valence-corrected chi connectivity index (χ3v) is 3.93. The molecule has 2 fully saturated rings. The van der Waals surface area contributed by atoms with Crippen LogP contribution in [0.4, 0.5) is 0 Å². The Kier molecular flexibility index (Phi) is 3.62. The second kappa shape index (κ2) is 4.97. The molecule has 0 aromatic carbocycles. The summed E-state index contributed by atoms with van der Waals surface area (Å²) in [6.07, 6.45) is 10.4. The molecule has 0 radical (unpaired) electrons. The molecule has 86 valence electrons. The van der Waals surface area contributed by atoms with Crippen molar-refractivity contribution in [2.45, 2.75) is 63.5 Å². The van der Waals surface area contributed by atoms with E-state index in [0.29, 0.717) is 18.6 Å². The zero-order chi connectivity index (χ0) is 10.7. The van der Waals surface area contributed by atoms with E-state index in [-0.39, 0.29) is 5.91 Å². The van der Waals surface area contributed by atoms with Gasteiger partial charge in [0.1, 0.15) is 0 Å². The molecule has 0 spiro atoms. The molecule has 15 heavy (non-hydrogen) atoms. The summed E-state index contributed by atoms with van der Waals surface area (Å²) < 4.78 is 0. The number of hydrogen-bond acceptors (Lipinski definition) is 2. The molecule has 0 aliphatic heterocycles. The summed E-state index contributed by atoms with van der Waals surface area (Å²) in [5.41, 5.74) is 5.35. The molecule has 2 N–H and O–H groups in total. The van der Waals surface area contributed by atoms with E-state index in [0.717, 1.165) is 0 Å². The summed E-state index contributed by atoms with van der Waals surface area (Å²) in [5, 5.41) is 0. The highest BCUT2D eigenvalue weighted by Gasteiger charge is 2.31. The van der Waals surface area contributed by atoms with Crippen molar-refractivity contribution in [3.63, 3.8) is 0 Å². The van der Waals surface area contributed by atoms with Crippen LogP contribution in [-0.4, -0.2) is 29.4 Å². The normalized spacial score (nSPS) is 24.1. The number of carbonyl (C=O) groups is 1. The van der Waals surface area contributed by atoms with Gasteiger partial charge in [0.15, 0.2) is 0 Å². The van der Waals surface area contributed by atoms with E-state index >= 15 is 0 Å². The molecule has 2 rings (SSSR count). The van der Waals surface area contributed by atoms with E-state index in [1.165, 1.54) is 51.4 Å². The topological polar surface area (TPSA) is 46.3 Å². The lowest BCUT2D eigenvalue weighted by atomic mass is 10.1. The number of carbonyl (C=O) groups excluding carboxylic acids is 1. The van der Waals surface area contributed by atoms with Gasteiger partial charge >= 0.3 is 0 Å². The minimum atomic E-state index is -0.159. The van der Waals surface area contributed by atoms with Crippen molar-refractivity contribution in [3.05, 3.63) is 0 Å². The lowest BCUT2D eigenvalue weighted by molar-refractivity contribution is -0.120. The van der Waals surface area contributed by atoms with Crippen LogP contribution in [-0.2, 0) is 4.79 Å². The van der Waals surface area contributed by atoms with Gasteiger partial charge in [-0.05, 0) is 25.7 Å². The van der Waals surface area contributed by atoms with Crippen LogP contribution in [0.25, 0.3) is 0 Å². The summed E-state index contributed by atoms with van der Waals surface area (Å²) in [4.78, 5) is 13.5. The van der Waals surface area contributed by atoms with Gasteiger partial charge in [-0.3, -0.25) is 9.69 Å². The van der Waals surface area contributed by atoms with Gasteiger partial charge in [-0.25, -0.2) is 0 Å². The molecule has 3 nitrogen and oxygen atoms in total. The number of nitrogens with two attached hydrogens (primary N) is 1. The SMILES string of the molecule is NC(=O)CN(C1CCCC1)C1CCCC1. The monoisotopic (exact) mass is 210 g/mol. The Morgan fingerprint density at radius 2 is 1.40 bits per heavy atom. The van der Waals surface area contributed by atoms with Crippen molar-refractivity contribution in [1.82, 2.24) is 4.90 Å². The highest BCUT2D eigenvalue weighted by atomic mass is 16.1. The summed E-state index contributed by atoms with van der Waals surface area (Å²) >= 11 is 0. The van der Waals surface area contributed by atoms with Gasteiger partial charge in [-0.1, -0.05) is 25.7 Å². The largest absolute Gasteiger partial charge is 0.369 e. The summed E-state index contributed by atoms with van der Waals surface area (Å²) in [6, 6.07) is 1.28. The maximum absolute atomic E-state index is 11.1. The molecule has 0 saturated heterocycles. The predicted octanol–water partition coefficient (Wildman–Crippen LogP) is 1.66. The molecule has 2 aliphatic rings. The highest BCUT2D eigenvalue weighted by Crippen LogP contribution is 2.31. The Labute approximate surface area is 92.0 Å². The number of hydrogen-bond donors (Lipinski definition) is 1. The fourth-order valence-electron chi connectivity index (χ4n) is 3.21. The average molecular weight is 210 g/mol. The second-order valence-electron chi connectivity index (χ2n) is 5.02. The summed E-state index contributed by atoms with van der Waals surface area (Å²) in [7, 11) is 0. The molecule has 0 heterocycles. The third-order valence-electron chi connectivity index (χ3n) is 3.93. The van der Waals surface area contributed by atoms with E-state index in [4.69, 9.17) is 5.73 Å². The molecule has 2 saturated carbocycles. The van der Waals surface area contributed by atoms with Gasteiger partial charge in [0.05, 0.1) is 6.54 Å². The lowest BCUT2D eigenvalue weighted by Gasteiger charge is -2.33. The fourth-order valence-corrected chi connectivity index (χ4v) is 3.21. The maximum atomic E-state index is 11.1. The van der Waals surface area contributed by atoms with E-state index < -0.39 is 0 Å². The van der Waals surface area contributed by atoms with Gasteiger partial charge in [0.25, 0.3) is 0 Å². The molecule has 0 unspecified atom stereocenters. The van der Waals surface area contributed by atoms with Gasteiger partial charge in [0, 0.05) is 12.1 Å². The second-order valence-corrected chi connectivity index (χ2v) is 5.02. The maximum Gasteiger partial charge on any atom is 0.231 e. The first-order chi connectivity index (χ1) is 7.27. The zero-order valence-electron chi connectivity index (χ0n) is 9.45. The minimum Gasteiger partial charge on any atom is -0.369 e. The fraction of sp³-hybridized carbons (Fsp3) is 0.917. The Bertz CT molecular complexity index is 202. The van der Waals surface area contributed by atoms with Gasteiger partial charge in [-0.2, -0.15) is 0 Å². The van der Waals surface area contributed by atoms with Crippen molar-refractivity contribution < 1.29 is 4.79 Å². The number of nitrogens with zero attached hydrogens (tertiary/aromatic N) is 1. The van der Waals surface area contributed by atoms with Crippen LogP contribution in [0.3, 0.4) is 0 Å². The number of primary amides is 1. The first-order valence-electron chi connectivity index (χ1n) is 6.31. The van der Waals surface area contributed by atoms with Crippen LogP contribution < -0.4 is 5.73 Å². The summed E-state index contributed by atoms with van der Waals surface area (Å²) in [6.45, 7) is 0.481. The summed E-state index contributed by atoms with van der Waals surface area (Å²) in [5.74, 6) is -0.159. The van der Waals surface area contributed by atoms with Gasteiger partial charge in [0.2, 0.25) is 5.91 Å². The molecule has 1 amide bonds. The average Bonchev–Trinajstić information content (AvgIpc) is 2.87.